The van der Waals surface area contributed by atoms with Crippen LogP contribution in [0.25, 0.3) is 11.1 Å². The summed E-state index contributed by atoms with van der Waals surface area (Å²) >= 11 is 7.85. The molecule has 0 bridgehead atoms. The molecular formula is C22H27OPS2. The Hall–Kier alpha value is -0.860. The third kappa shape index (κ3) is 4.51. The van der Waals surface area contributed by atoms with E-state index in [4.69, 9.17) is 11.8 Å². The molecule has 4 heteroatoms. The number of rotatable bonds is 5. The van der Waals surface area contributed by atoms with Gasteiger partial charge in [-0.1, -0.05) is 78.6 Å². The summed E-state index contributed by atoms with van der Waals surface area (Å²) in [4.78, 5) is 0. The first-order chi connectivity index (χ1) is 12.4. The van der Waals surface area contributed by atoms with E-state index in [1.54, 1.807) is 0 Å². The maximum absolute atomic E-state index is 10.9. The number of hydrogen-bond acceptors (Lipinski definition) is 3. The topological polar surface area (TPSA) is 20.2 Å². The molecule has 1 unspecified atom stereocenters. The molecule has 1 aliphatic carbocycles. The molecule has 0 saturated heterocycles. The van der Waals surface area contributed by atoms with Gasteiger partial charge in [0.1, 0.15) is 0 Å². The van der Waals surface area contributed by atoms with E-state index in [1.807, 2.05) is 24.4 Å². The monoisotopic (exact) mass is 402 g/mol. The molecule has 1 saturated carbocycles. The van der Waals surface area contributed by atoms with Gasteiger partial charge in [-0.15, -0.1) is 11.4 Å². The highest BCUT2D eigenvalue weighted by Gasteiger charge is 2.39. The zero-order valence-electron chi connectivity index (χ0n) is 15.4. The molecule has 2 aromatic carbocycles. The van der Waals surface area contributed by atoms with Crippen LogP contribution < -0.4 is 5.30 Å². The molecular weight excluding hydrogens is 375 g/mol. The average molecular weight is 403 g/mol. The predicted octanol–water partition coefficient (Wildman–Crippen LogP) is 5.80. The first-order valence-electron chi connectivity index (χ1n) is 9.11. The standard InChI is InChI=1S/C22H27OPS2/c1-16(2)18-13-14-22(3,23)21(15-18)26-24(25)20-12-8-7-11-19(20)17-9-5-4-6-10-17/h4-12,18,21,23-24H,1,13-15H2,2-3H3/t18-,21+,22+/m0/s1. The van der Waals surface area contributed by atoms with E-state index in [1.165, 1.54) is 22.0 Å². The molecule has 0 radical (unpaired) electrons. The highest BCUT2D eigenvalue weighted by Crippen LogP contribution is 2.51. The summed E-state index contributed by atoms with van der Waals surface area (Å²) in [5.41, 5.74) is 3.03. The molecule has 1 aliphatic rings. The van der Waals surface area contributed by atoms with Crippen LogP contribution in [0.2, 0.25) is 0 Å². The molecule has 0 aliphatic heterocycles. The van der Waals surface area contributed by atoms with Crippen molar-refractivity contribution in [1.82, 2.24) is 0 Å². The average Bonchev–Trinajstić information content (AvgIpc) is 2.63. The molecule has 3 rings (SSSR count). The van der Waals surface area contributed by atoms with Gasteiger partial charge in [-0.05, 0) is 50.2 Å². The minimum atomic E-state index is -1.25. The highest BCUT2D eigenvalue weighted by molar-refractivity contribution is 8.66. The van der Waals surface area contributed by atoms with E-state index in [0.29, 0.717) is 5.92 Å². The van der Waals surface area contributed by atoms with E-state index in [9.17, 15) is 5.11 Å². The zero-order chi connectivity index (χ0) is 18.7. The van der Waals surface area contributed by atoms with Gasteiger partial charge in [-0.25, -0.2) is 0 Å². The summed E-state index contributed by atoms with van der Waals surface area (Å²) in [5, 5.41) is 12.4. The molecule has 26 heavy (non-hydrogen) atoms. The van der Waals surface area contributed by atoms with Gasteiger partial charge in [0.25, 0.3) is 0 Å². The molecule has 0 heterocycles. The summed E-state index contributed by atoms with van der Waals surface area (Å²) in [6.07, 6.45) is 2.83. The van der Waals surface area contributed by atoms with Crippen LogP contribution in [0.1, 0.15) is 33.1 Å². The fraction of sp³-hybridized carbons (Fsp3) is 0.364. The summed E-state index contributed by atoms with van der Waals surface area (Å²) in [6, 6.07) is 18.9. The summed E-state index contributed by atoms with van der Waals surface area (Å²) < 4.78 is 0. The van der Waals surface area contributed by atoms with Crippen LogP contribution in [0.15, 0.2) is 66.7 Å². The number of allylic oxidation sites excluding steroid dienone is 1. The second-order valence-electron chi connectivity index (χ2n) is 7.48. The molecule has 0 spiro atoms. The zero-order valence-corrected chi connectivity index (χ0v) is 18.1. The molecule has 138 valence electrons. The van der Waals surface area contributed by atoms with Gasteiger partial charge in [0.05, 0.1) is 5.60 Å². The van der Waals surface area contributed by atoms with Gasteiger partial charge in [-0.2, -0.15) is 0 Å². The molecule has 4 atom stereocenters. The third-order valence-corrected chi connectivity index (χ3v) is 11.1. The summed E-state index contributed by atoms with van der Waals surface area (Å²) in [6.45, 7) is 8.23. The lowest BCUT2D eigenvalue weighted by atomic mass is 9.77. The van der Waals surface area contributed by atoms with Gasteiger partial charge in [0, 0.05) is 16.5 Å². The van der Waals surface area contributed by atoms with E-state index < -0.39 is 11.5 Å². The number of benzene rings is 2. The van der Waals surface area contributed by atoms with Crippen LogP contribution in [0, 0.1) is 5.92 Å². The lowest BCUT2D eigenvalue weighted by Gasteiger charge is -2.41. The van der Waals surface area contributed by atoms with Crippen molar-refractivity contribution in [3.63, 3.8) is 0 Å². The molecule has 1 N–H and O–H groups in total. The van der Waals surface area contributed by atoms with Crippen molar-refractivity contribution >= 4 is 34.4 Å². The number of hydrogen-bond donors (Lipinski definition) is 1. The number of aliphatic hydroxyl groups is 1. The quantitative estimate of drug-likeness (QED) is 0.504. The Morgan fingerprint density at radius 3 is 2.54 bits per heavy atom. The van der Waals surface area contributed by atoms with Crippen molar-refractivity contribution in [2.45, 2.75) is 44.0 Å². The molecule has 0 aromatic heterocycles. The largest absolute Gasteiger partial charge is 0.389 e. The first kappa shape index (κ1) is 19.9. The van der Waals surface area contributed by atoms with E-state index >= 15 is 0 Å². The van der Waals surface area contributed by atoms with Crippen molar-refractivity contribution < 1.29 is 5.11 Å². The van der Waals surface area contributed by atoms with E-state index in [0.717, 1.165) is 19.3 Å². The lowest BCUT2D eigenvalue weighted by molar-refractivity contribution is 0.0198. The normalized spacial score (nSPS) is 27.0. The molecule has 1 fully saturated rings. The maximum Gasteiger partial charge on any atom is 0.0741 e. The Labute approximate surface area is 167 Å². The molecule has 0 amide bonds. The van der Waals surface area contributed by atoms with Crippen molar-refractivity contribution in [2.24, 2.45) is 5.92 Å². The minimum Gasteiger partial charge on any atom is -0.389 e. The van der Waals surface area contributed by atoms with Crippen molar-refractivity contribution in [1.29, 1.82) is 0 Å². The predicted molar refractivity (Wildman–Crippen MR) is 121 cm³/mol. The van der Waals surface area contributed by atoms with Gasteiger partial charge < -0.3 is 5.11 Å². The smallest absolute Gasteiger partial charge is 0.0741 e. The Morgan fingerprint density at radius 1 is 1.19 bits per heavy atom. The maximum atomic E-state index is 10.9. The van der Waals surface area contributed by atoms with Crippen LogP contribution in [0.4, 0.5) is 0 Å². The Morgan fingerprint density at radius 2 is 1.85 bits per heavy atom. The summed E-state index contributed by atoms with van der Waals surface area (Å²) in [5.74, 6) is -0.750. The molecule has 1 nitrogen and oxygen atoms in total. The van der Waals surface area contributed by atoms with Crippen molar-refractivity contribution in [3.8, 4) is 11.1 Å². The lowest BCUT2D eigenvalue weighted by Crippen LogP contribution is -2.42. The van der Waals surface area contributed by atoms with Crippen LogP contribution in [0.5, 0.6) is 0 Å². The van der Waals surface area contributed by atoms with Gasteiger partial charge in [0.15, 0.2) is 0 Å². The van der Waals surface area contributed by atoms with E-state index in [2.05, 4.69) is 62.0 Å². The first-order valence-corrected chi connectivity index (χ1v) is 13.4. The van der Waals surface area contributed by atoms with Gasteiger partial charge in [-0.3, -0.25) is 0 Å². The van der Waals surface area contributed by atoms with Crippen LogP contribution in [0.3, 0.4) is 0 Å². The Balaban J connectivity index is 1.85. The minimum absolute atomic E-state index is 0.174. The second-order valence-corrected chi connectivity index (χ2v) is 13.3. The summed E-state index contributed by atoms with van der Waals surface area (Å²) in [7, 11) is 0. The van der Waals surface area contributed by atoms with Crippen LogP contribution >= 0.6 is 17.3 Å². The van der Waals surface area contributed by atoms with E-state index in [-0.39, 0.29) is 5.25 Å². The molecule has 2 aromatic rings. The van der Waals surface area contributed by atoms with Crippen LogP contribution in [-0.2, 0) is 11.8 Å². The fourth-order valence-corrected chi connectivity index (χ4v) is 9.69. The van der Waals surface area contributed by atoms with Crippen LogP contribution in [-0.4, -0.2) is 16.0 Å². The van der Waals surface area contributed by atoms with Gasteiger partial charge in [0.2, 0.25) is 0 Å². The highest BCUT2D eigenvalue weighted by atomic mass is 32.9. The Bertz CT molecular complexity index is 801. The third-order valence-electron chi connectivity index (χ3n) is 5.37. The van der Waals surface area contributed by atoms with Gasteiger partial charge >= 0.3 is 0 Å². The van der Waals surface area contributed by atoms with Crippen molar-refractivity contribution in [3.05, 3.63) is 66.7 Å². The van der Waals surface area contributed by atoms with Crippen molar-refractivity contribution in [2.75, 3.05) is 0 Å². The SMILES string of the molecule is C=C(C)[C@H]1CC[C@@](C)(O)[C@H](S[PH](=S)c2ccccc2-c2ccccc2)C1. The second kappa shape index (κ2) is 8.44. The fourth-order valence-electron chi connectivity index (χ4n) is 3.60. The Kier molecular flexibility index (Phi) is 6.45.